The number of hydrogen-bond donors (Lipinski definition) is 4. The van der Waals surface area contributed by atoms with E-state index < -0.39 is 11.9 Å². The first kappa shape index (κ1) is 25.8. The van der Waals surface area contributed by atoms with Crippen molar-refractivity contribution in [3.8, 4) is 11.5 Å². The van der Waals surface area contributed by atoms with E-state index in [1.165, 1.54) is 6.20 Å². The molecule has 2 aromatic carbocycles. The van der Waals surface area contributed by atoms with Gasteiger partial charge in [-0.15, -0.1) is 0 Å². The lowest BCUT2D eigenvalue weighted by molar-refractivity contribution is -0.122. The minimum atomic E-state index is -0.604. The Morgan fingerprint density at radius 2 is 1.77 bits per heavy atom. The lowest BCUT2D eigenvalue weighted by Gasteiger charge is -2.19. The quantitative estimate of drug-likeness (QED) is 0.330. The molecule has 0 radical (unpaired) electrons. The Morgan fingerprint density at radius 1 is 1.09 bits per heavy atom. The molecule has 0 aliphatic carbocycles. The first-order valence-electron chi connectivity index (χ1n) is 11.7. The van der Waals surface area contributed by atoms with Gasteiger partial charge in [-0.3, -0.25) is 14.6 Å². The lowest BCUT2D eigenvalue weighted by Crippen LogP contribution is -2.38. The molecule has 1 aromatic heterocycles. The van der Waals surface area contributed by atoms with E-state index in [0.29, 0.717) is 54.3 Å². The van der Waals surface area contributed by atoms with Crippen molar-refractivity contribution < 1.29 is 19.1 Å². The molecule has 0 unspecified atom stereocenters. The maximum Gasteiger partial charge on any atom is 0.252 e. The van der Waals surface area contributed by atoms with E-state index in [1.54, 1.807) is 13.0 Å². The number of carbonyl (C=O) groups is 2. The summed E-state index contributed by atoms with van der Waals surface area (Å²) in [5.41, 5.74) is 15.5. The third-order valence-electron chi connectivity index (χ3n) is 5.55. The average Bonchev–Trinajstić information content (AvgIpc) is 2.83. The van der Waals surface area contributed by atoms with Gasteiger partial charge in [-0.05, 0) is 50.5 Å². The molecular formula is C26H33N5O4. The molecule has 35 heavy (non-hydrogen) atoms. The highest BCUT2D eigenvalue weighted by atomic mass is 16.5. The van der Waals surface area contributed by atoms with Gasteiger partial charge in [0.05, 0.1) is 36.0 Å². The Morgan fingerprint density at radius 3 is 2.37 bits per heavy atom. The fourth-order valence-corrected chi connectivity index (χ4v) is 3.87. The van der Waals surface area contributed by atoms with Crippen molar-refractivity contribution in [2.45, 2.75) is 46.7 Å². The van der Waals surface area contributed by atoms with Crippen LogP contribution in [0.1, 0.15) is 49.2 Å². The average molecular weight is 480 g/mol. The van der Waals surface area contributed by atoms with E-state index in [0.717, 1.165) is 16.8 Å². The van der Waals surface area contributed by atoms with Crippen LogP contribution in [0, 0.1) is 0 Å². The molecule has 9 heteroatoms. The van der Waals surface area contributed by atoms with Crippen LogP contribution in [0.15, 0.2) is 36.5 Å². The number of nitrogens with two attached hydrogens (primary N) is 2. The van der Waals surface area contributed by atoms with E-state index in [4.69, 9.17) is 20.9 Å². The van der Waals surface area contributed by atoms with E-state index in [9.17, 15) is 9.59 Å². The van der Waals surface area contributed by atoms with E-state index >= 15 is 0 Å². The predicted octanol–water partition coefficient (Wildman–Crippen LogP) is 3.40. The molecule has 186 valence electrons. The predicted molar refractivity (Wildman–Crippen MR) is 137 cm³/mol. The van der Waals surface area contributed by atoms with Gasteiger partial charge in [-0.25, -0.2) is 0 Å². The fraction of sp³-hybridized carbons (Fsp3) is 0.346. The zero-order valence-corrected chi connectivity index (χ0v) is 20.6. The molecule has 3 rings (SSSR count). The highest BCUT2D eigenvalue weighted by molar-refractivity contribution is 6.08. The van der Waals surface area contributed by atoms with Gasteiger partial charge in [0.2, 0.25) is 5.91 Å². The van der Waals surface area contributed by atoms with Gasteiger partial charge in [-0.2, -0.15) is 0 Å². The molecule has 1 atom stereocenters. The molecule has 6 N–H and O–H groups in total. The van der Waals surface area contributed by atoms with Gasteiger partial charge < -0.3 is 31.6 Å². The molecule has 0 fully saturated rings. The number of nitrogens with one attached hydrogen (secondary N) is 2. The van der Waals surface area contributed by atoms with Gasteiger partial charge in [0, 0.05) is 29.9 Å². The van der Waals surface area contributed by atoms with E-state index in [-0.39, 0.29) is 11.5 Å². The third kappa shape index (κ3) is 5.81. The first-order chi connectivity index (χ1) is 16.8. The second-order valence-electron chi connectivity index (χ2n) is 8.02. The van der Waals surface area contributed by atoms with Crippen LogP contribution in [-0.2, 0) is 17.8 Å². The summed E-state index contributed by atoms with van der Waals surface area (Å²) in [6.07, 6.45) is 2.15. The molecule has 0 saturated heterocycles. The number of anilines is 2. The smallest absolute Gasteiger partial charge is 0.252 e. The van der Waals surface area contributed by atoms with Crippen LogP contribution in [0.3, 0.4) is 0 Å². The van der Waals surface area contributed by atoms with Crippen LogP contribution in [0.4, 0.5) is 11.4 Å². The standard InChI is InChI=1S/C26H33N5O4/c1-5-17-16(13-30-26(33)15(4)27)9-8-10-20(17)31-24-18-11-22(34-6-2)23(35-7-3)12-21(18)29-14-19(24)25(28)32/h8-12,14-15H,5-7,13,27H2,1-4H3,(H2,28,32)(H,29,31)(H,30,33)/t15-/m0/s1. The molecule has 3 aromatic rings. The van der Waals surface area contributed by atoms with Gasteiger partial charge in [-0.1, -0.05) is 19.1 Å². The minimum Gasteiger partial charge on any atom is -0.490 e. The summed E-state index contributed by atoms with van der Waals surface area (Å²) < 4.78 is 11.5. The summed E-state index contributed by atoms with van der Waals surface area (Å²) in [6.45, 7) is 8.71. The Bertz CT molecular complexity index is 1230. The molecule has 0 bridgehead atoms. The van der Waals surface area contributed by atoms with Crippen LogP contribution in [0.2, 0.25) is 0 Å². The topological polar surface area (TPSA) is 142 Å². The molecule has 1 heterocycles. The monoisotopic (exact) mass is 479 g/mol. The van der Waals surface area contributed by atoms with Crippen molar-refractivity contribution in [1.82, 2.24) is 10.3 Å². The maximum absolute atomic E-state index is 12.3. The Hall–Kier alpha value is -3.85. The number of pyridine rings is 1. The summed E-state index contributed by atoms with van der Waals surface area (Å²) in [7, 11) is 0. The summed E-state index contributed by atoms with van der Waals surface area (Å²) in [4.78, 5) is 28.7. The van der Waals surface area contributed by atoms with Gasteiger partial charge >= 0.3 is 0 Å². The number of benzene rings is 2. The number of nitrogens with zero attached hydrogens (tertiary/aromatic N) is 1. The molecular weight excluding hydrogens is 446 g/mol. The second-order valence-corrected chi connectivity index (χ2v) is 8.02. The highest BCUT2D eigenvalue weighted by Gasteiger charge is 2.19. The van der Waals surface area contributed by atoms with Crippen LogP contribution >= 0.6 is 0 Å². The van der Waals surface area contributed by atoms with Gasteiger partial charge in [0.15, 0.2) is 11.5 Å². The number of carbonyl (C=O) groups excluding carboxylic acids is 2. The number of amides is 2. The number of hydrogen-bond acceptors (Lipinski definition) is 7. The van der Waals surface area contributed by atoms with Crippen LogP contribution in [0.5, 0.6) is 11.5 Å². The number of primary amides is 1. The maximum atomic E-state index is 12.3. The van der Waals surface area contributed by atoms with Crippen molar-refractivity contribution in [3.05, 3.63) is 53.2 Å². The molecule has 9 nitrogen and oxygen atoms in total. The third-order valence-corrected chi connectivity index (χ3v) is 5.55. The summed E-state index contributed by atoms with van der Waals surface area (Å²) in [5.74, 6) is 0.298. The van der Waals surface area contributed by atoms with Gasteiger partial charge in [0.1, 0.15) is 0 Å². The van der Waals surface area contributed by atoms with Crippen molar-refractivity contribution >= 4 is 34.1 Å². The molecule has 0 spiro atoms. The van der Waals surface area contributed by atoms with Crippen molar-refractivity contribution in [3.63, 3.8) is 0 Å². The van der Waals surface area contributed by atoms with Crippen LogP contribution < -0.4 is 31.6 Å². The number of rotatable bonds is 11. The largest absolute Gasteiger partial charge is 0.490 e. The number of aromatic nitrogens is 1. The zero-order valence-electron chi connectivity index (χ0n) is 20.6. The Labute approximate surface area is 205 Å². The second kappa shape index (κ2) is 11.5. The Kier molecular flexibility index (Phi) is 8.48. The summed E-state index contributed by atoms with van der Waals surface area (Å²) >= 11 is 0. The summed E-state index contributed by atoms with van der Waals surface area (Å²) in [5, 5.41) is 6.94. The van der Waals surface area contributed by atoms with Crippen LogP contribution in [0.25, 0.3) is 10.9 Å². The molecule has 2 amide bonds. The minimum absolute atomic E-state index is 0.227. The van der Waals surface area contributed by atoms with Crippen molar-refractivity contribution in [2.75, 3.05) is 18.5 Å². The van der Waals surface area contributed by atoms with Crippen molar-refractivity contribution in [1.29, 1.82) is 0 Å². The SMILES string of the molecule is CCOc1cc2ncc(C(N)=O)c(Nc3cccc(CNC(=O)[C@H](C)N)c3CC)c2cc1OCC. The number of fused-ring (bicyclic) bond motifs is 1. The van der Waals surface area contributed by atoms with E-state index in [2.05, 4.69) is 15.6 Å². The van der Waals surface area contributed by atoms with Gasteiger partial charge in [0.25, 0.3) is 5.91 Å². The summed E-state index contributed by atoms with van der Waals surface area (Å²) in [6, 6.07) is 8.77. The molecule has 0 aliphatic heterocycles. The highest BCUT2D eigenvalue weighted by Crippen LogP contribution is 2.38. The molecule has 0 saturated carbocycles. The zero-order chi connectivity index (χ0) is 25.5. The number of ether oxygens (including phenoxy) is 2. The normalized spacial score (nSPS) is 11.7. The lowest BCUT2D eigenvalue weighted by atomic mass is 10.0. The van der Waals surface area contributed by atoms with Crippen molar-refractivity contribution in [2.24, 2.45) is 11.5 Å². The van der Waals surface area contributed by atoms with Crippen LogP contribution in [-0.4, -0.2) is 36.1 Å². The fourth-order valence-electron chi connectivity index (χ4n) is 3.87. The molecule has 0 aliphatic rings. The Balaban J connectivity index is 2.12. The van der Waals surface area contributed by atoms with E-state index in [1.807, 2.05) is 45.0 Å². The first-order valence-corrected chi connectivity index (χ1v) is 11.7.